The summed E-state index contributed by atoms with van der Waals surface area (Å²) in [4.78, 5) is 0. The van der Waals surface area contributed by atoms with Crippen LogP contribution >= 0.6 is 0 Å². The third kappa shape index (κ3) is 3.58. The number of rotatable bonds is 7. The normalized spacial score (nSPS) is 18.6. The van der Waals surface area contributed by atoms with Gasteiger partial charge in [-0.2, -0.15) is 0 Å². The molecule has 0 radical (unpaired) electrons. The fourth-order valence-electron chi connectivity index (χ4n) is 2.64. The fourth-order valence-corrected chi connectivity index (χ4v) is 2.64. The van der Waals surface area contributed by atoms with Crippen LogP contribution in [-0.2, 0) is 6.42 Å². The molecule has 2 rings (SSSR count). The van der Waals surface area contributed by atoms with Crippen LogP contribution in [0.25, 0.3) is 0 Å². The largest absolute Gasteiger partial charge is 0.310 e. The maximum Gasteiger partial charge on any atom is 0.0317 e. The second-order valence-corrected chi connectivity index (χ2v) is 5.78. The SMILES string of the molecule is CCc1ccc(C(CC)NCC(C)C2CC2)cc1. The van der Waals surface area contributed by atoms with Crippen LogP contribution in [0.2, 0.25) is 0 Å². The van der Waals surface area contributed by atoms with E-state index in [2.05, 4.69) is 50.4 Å². The van der Waals surface area contributed by atoms with Crippen LogP contribution in [-0.4, -0.2) is 6.54 Å². The molecule has 100 valence electrons. The van der Waals surface area contributed by atoms with Gasteiger partial charge in [0.1, 0.15) is 0 Å². The van der Waals surface area contributed by atoms with Crippen molar-refractivity contribution < 1.29 is 0 Å². The van der Waals surface area contributed by atoms with Crippen molar-refractivity contribution in [1.82, 2.24) is 5.32 Å². The Morgan fingerprint density at radius 1 is 1.17 bits per heavy atom. The number of nitrogens with one attached hydrogen (secondary N) is 1. The summed E-state index contributed by atoms with van der Waals surface area (Å²) in [5, 5.41) is 3.74. The molecule has 0 aliphatic heterocycles. The third-order valence-electron chi connectivity index (χ3n) is 4.31. The molecule has 1 aliphatic carbocycles. The van der Waals surface area contributed by atoms with E-state index >= 15 is 0 Å². The summed E-state index contributed by atoms with van der Waals surface area (Å²) in [5.41, 5.74) is 2.87. The van der Waals surface area contributed by atoms with Gasteiger partial charge >= 0.3 is 0 Å². The van der Waals surface area contributed by atoms with Gasteiger partial charge in [-0.15, -0.1) is 0 Å². The average molecular weight is 245 g/mol. The highest BCUT2D eigenvalue weighted by Crippen LogP contribution is 2.36. The van der Waals surface area contributed by atoms with Gasteiger partial charge in [0.2, 0.25) is 0 Å². The summed E-state index contributed by atoms with van der Waals surface area (Å²) in [6.45, 7) is 8.03. The van der Waals surface area contributed by atoms with E-state index in [-0.39, 0.29) is 0 Å². The smallest absolute Gasteiger partial charge is 0.0317 e. The molecule has 0 spiro atoms. The second-order valence-electron chi connectivity index (χ2n) is 5.78. The van der Waals surface area contributed by atoms with Crippen molar-refractivity contribution in [3.63, 3.8) is 0 Å². The molecule has 1 aromatic carbocycles. The Hall–Kier alpha value is -0.820. The van der Waals surface area contributed by atoms with Crippen molar-refractivity contribution in [3.05, 3.63) is 35.4 Å². The van der Waals surface area contributed by atoms with Crippen LogP contribution in [0, 0.1) is 11.8 Å². The van der Waals surface area contributed by atoms with Crippen LogP contribution < -0.4 is 5.32 Å². The summed E-state index contributed by atoms with van der Waals surface area (Å²) in [6, 6.07) is 9.65. The molecule has 0 aromatic heterocycles. The van der Waals surface area contributed by atoms with Gasteiger partial charge in [0, 0.05) is 6.04 Å². The van der Waals surface area contributed by atoms with Crippen molar-refractivity contribution >= 4 is 0 Å². The minimum atomic E-state index is 0.525. The lowest BCUT2D eigenvalue weighted by molar-refractivity contribution is 0.414. The lowest BCUT2D eigenvalue weighted by atomic mass is 10.0. The van der Waals surface area contributed by atoms with Crippen LogP contribution in [0.4, 0.5) is 0 Å². The standard InChI is InChI=1S/C17H27N/c1-4-14-6-8-16(9-7-14)17(5-2)18-12-13(3)15-10-11-15/h6-9,13,15,17-18H,4-5,10-12H2,1-3H3. The summed E-state index contributed by atoms with van der Waals surface area (Å²) < 4.78 is 0. The van der Waals surface area contributed by atoms with Crippen LogP contribution in [0.5, 0.6) is 0 Å². The lowest BCUT2D eigenvalue weighted by Crippen LogP contribution is -2.26. The highest BCUT2D eigenvalue weighted by molar-refractivity contribution is 5.25. The maximum absolute atomic E-state index is 3.74. The molecule has 1 aliphatic rings. The molecule has 1 N–H and O–H groups in total. The minimum absolute atomic E-state index is 0.525. The zero-order chi connectivity index (χ0) is 13.0. The van der Waals surface area contributed by atoms with Crippen LogP contribution in [0.15, 0.2) is 24.3 Å². The predicted molar refractivity (Wildman–Crippen MR) is 78.7 cm³/mol. The van der Waals surface area contributed by atoms with Gasteiger partial charge in [0.25, 0.3) is 0 Å². The zero-order valence-corrected chi connectivity index (χ0v) is 12.1. The molecule has 0 heterocycles. The van der Waals surface area contributed by atoms with E-state index in [1.165, 1.54) is 36.9 Å². The van der Waals surface area contributed by atoms with E-state index in [4.69, 9.17) is 0 Å². The lowest BCUT2D eigenvalue weighted by Gasteiger charge is -2.20. The van der Waals surface area contributed by atoms with Crippen LogP contribution in [0.1, 0.15) is 57.2 Å². The molecule has 2 atom stereocenters. The molecular formula is C17H27N. The number of hydrogen-bond donors (Lipinski definition) is 1. The van der Waals surface area contributed by atoms with Crippen molar-refractivity contribution in [3.8, 4) is 0 Å². The number of hydrogen-bond acceptors (Lipinski definition) is 1. The van der Waals surface area contributed by atoms with Crippen LogP contribution in [0.3, 0.4) is 0 Å². The highest BCUT2D eigenvalue weighted by Gasteiger charge is 2.27. The first kappa shape index (κ1) is 13.6. The summed E-state index contributed by atoms with van der Waals surface area (Å²) >= 11 is 0. The molecule has 1 nitrogen and oxygen atoms in total. The van der Waals surface area contributed by atoms with E-state index in [9.17, 15) is 0 Å². The van der Waals surface area contributed by atoms with Gasteiger partial charge in [-0.05, 0) is 55.2 Å². The van der Waals surface area contributed by atoms with Crippen molar-refractivity contribution in [2.45, 2.75) is 52.5 Å². The maximum atomic E-state index is 3.74. The Morgan fingerprint density at radius 2 is 1.83 bits per heavy atom. The van der Waals surface area contributed by atoms with Gasteiger partial charge in [0.15, 0.2) is 0 Å². The molecular weight excluding hydrogens is 218 g/mol. The van der Waals surface area contributed by atoms with Gasteiger partial charge < -0.3 is 5.32 Å². The highest BCUT2D eigenvalue weighted by atomic mass is 14.9. The first-order valence-corrected chi connectivity index (χ1v) is 7.56. The van der Waals surface area contributed by atoms with Crippen molar-refractivity contribution in [2.75, 3.05) is 6.54 Å². The first-order valence-electron chi connectivity index (χ1n) is 7.56. The minimum Gasteiger partial charge on any atom is -0.310 e. The van der Waals surface area contributed by atoms with Crippen molar-refractivity contribution in [2.24, 2.45) is 11.8 Å². The zero-order valence-electron chi connectivity index (χ0n) is 12.1. The van der Waals surface area contributed by atoms with Crippen molar-refractivity contribution in [1.29, 1.82) is 0 Å². The molecule has 2 unspecified atom stereocenters. The van der Waals surface area contributed by atoms with E-state index in [0.29, 0.717) is 6.04 Å². The molecule has 0 amide bonds. The van der Waals surface area contributed by atoms with Gasteiger partial charge in [-0.25, -0.2) is 0 Å². The molecule has 1 heteroatoms. The van der Waals surface area contributed by atoms with E-state index in [0.717, 1.165) is 18.3 Å². The van der Waals surface area contributed by atoms with E-state index < -0.39 is 0 Å². The fraction of sp³-hybridized carbons (Fsp3) is 0.647. The summed E-state index contributed by atoms with van der Waals surface area (Å²) in [7, 11) is 0. The Kier molecular flexibility index (Phi) is 4.82. The molecule has 0 bridgehead atoms. The van der Waals surface area contributed by atoms with Gasteiger partial charge in [0.05, 0.1) is 0 Å². The second kappa shape index (κ2) is 6.38. The average Bonchev–Trinajstić information content (AvgIpc) is 3.24. The van der Waals surface area contributed by atoms with E-state index in [1.807, 2.05) is 0 Å². The Balaban J connectivity index is 1.89. The van der Waals surface area contributed by atoms with E-state index in [1.54, 1.807) is 0 Å². The molecule has 1 saturated carbocycles. The summed E-state index contributed by atoms with van der Waals surface area (Å²) in [5.74, 6) is 1.84. The topological polar surface area (TPSA) is 12.0 Å². The molecule has 1 fully saturated rings. The van der Waals surface area contributed by atoms with Gasteiger partial charge in [-0.1, -0.05) is 45.0 Å². The molecule has 0 saturated heterocycles. The predicted octanol–water partition coefficient (Wildman–Crippen LogP) is 4.34. The Labute approximate surface area is 112 Å². The molecule has 18 heavy (non-hydrogen) atoms. The summed E-state index contributed by atoms with van der Waals surface area (Å²) in [6.07, 6.45) is 5.20. The quantitative estimate of drug-likeness (QED) is 0.753. The number of benzene rings is 1. The third-order valence-corrected chi connectivity index (χ3v) is 4.31. The Morgan fingerprint density at radius 3 is 2.33 bits per heavy atom. The number of aryl methyl sites for hydroxylation is 1. The first-order chi connectivity index (χ1) is 8.74. The van der Waals surface area contributed by atoms with Gasteiger partial charge in [-0.3, -0.25) is 0 Å². The molecule has 1 aromatic rings. The monoisotopic (exact) mass is 245 g/mol. The Bertz CT molecular complexity index is 350.